The quantitative estimate of drug-likeness (QED) is 0.856. The number of nitrogens with two attached hydrogens (primary N) is 2. The third-order valence-corrected chi connectivity index (χ3v) is 2.99. The minimum atomic E-state index is -0.548. The molecule has 0 radical (unpaired) electrons. The molecule has 2 aromatic carbocycles. The van der Waals surface area contributed by atoms with E-state index in [1.165, 1.54) is 0 Å². The summed E-state index contributed by atoms with van der Waals surface area (Å²) in [5, 5.41) is 0. The van der Waals surface area contributed by atoms with Crippen LogP contribution in [0.2, 0.25) is 0 Å². The van der Waals surface area contributed by atoms with Crippen molar-refractivity contribution in [2.45, 2.75) is 0 Å². The molecule has 0 aliphatic heterocycles. The lowest BCUT2D eigenvalue weighted by Crippen LogP contribution is -2.13. The van der Waals surface area contributed by atoms with Gasteiger partial charge in [0.05, 0.1) is 5.56 Å². The van der Waals surface area contributed by atoms with Gasteiger partial charge in [0.2, 0.25) is 0 Å². The summed E-state index contributed by atoms with van der Waals surface area (Å²) in [5.74, 6) is 0.444. The van der Waals surface area contributed by atoms with Gasteiger partial charge in [-0.3, -0.25) is 4.79 Å². The number of halogens is 1. The van der Waals surface area contributed by atoms with E-state index in [1.807, 2.05) is 0 Å². The van der Waals surface area contributed by atoms with E-state index in [-0.39, 0.29) is 0 Å². The highest BCUT2D eigenvalue weighted by Gasteiger charge is 2.13. The molecule has 4 nitrogen and oxygen atoms in total. The predicted octanol–water partition coefficient (Wildman–Crippen LogP) is 2.92. The van der Waals surface area contributed by atoms with Crippen LogP contribution in [0.3, 0.4) is 0 Å². The van der Waals surface area contributed by atoms with Gasteiger partial charge in [-0.05, 0) is 52.3 Å². The average molecular weight is 307 g/mol. The third kappa shape index (κ3) is 2.62. The Morgan fingerprint density at radius 1 is 1.11 bits per heavy atom. The van der Waals surface area contributed by atoms with Crippen LogP contribution in [-0.4, -0.2) is 5.91 Å². The molecule has 0 bridgehead atoms. The molecule has 0 aliphatic rings. The number of carbonyl (C=O) groups is 1. The van der Waals surface area contributed by atoms with Gasteiger partial charge in [0.15, 0.2) is 0 Å². The molecule has 0 unspecified atom stereocenters. The molecular weight excluding hydrogens is 296 g/mol. The molecule has 0 aromatic heterocycles. The Kier molecular flexibility index (Phi) is 3.53. The average Bonchev–Trinajstić information content (AvgIpc) is 2.32. The predicted molar refractivity (Wildman–Crippen MR) is 73.6 cm³/mol. The van der Waals surface area contributed by atoms with E-state index in [0.29, 0.717) is 27.2 Å². The van der Waals surface area contributed by atoms with Gasteiger partial charge < -0.3 is 16.2 Å². The number of ether oxygens (including phenoxy) is 1. The summed E-state index contributed by atoms with van der Waals surface area (Å²) in [6.07, 6.45) is 0. The van der Waals surface area contributed by atoms with E-state index >= 15 is 0 Å². The fourth-order valence-electron chi connectivity index (χ4n) is 1.49. The first-order valence-corrected chi connectivity index (χ1v) is 5.99. The molecule has 0 heterocycles. The molecule has 92 valence electrons. The number of amides is 1. The summed E-state index contributed by atoms with van der Waals surface area (Å²) in [7, 11) is 0. The Balaban J connectivity index is 2.37. The number of nitrogen functional groups attached to an aromatic ring is 1. The standard InChI is InChI=1S/C13H11BrN2O2/c14-10-2-1-3-11(12(10)13(16)17)18-9-6-4-8(15)5-7-9/h1-7H,15H2,(H2,16,17). The van der Waals surface area contributed by atoms with Crippen LogP contribution in [0.5, 0.6) is 11.5 Å². The van der Waals surface area contributed by atoms with Crippen LogP contribution in [0.25, 0.3) is 0 Å². The fraction of sp³-hybridized carbons (Fsp3) is 0. The Morgan fingerprint density at radius 3 is 2.39 bits per heavy atom. The minimum absolute atomic E-state index is 0.314. The van der Waals surface area contributed by atoms with Crippen molar-refractivity contribution in [1.29, 1.82) is 0 Å². The van der Waals surface area contributed by atoms with Gasteiger partial charge in [-0.1, -0.05) is 6.07 Å². The van der Waals surface area contributed by atoms with E-state index in [0.717, 1.165) is 0 Å². The topological polar surface area (TPSA) is 78.3 Å². The highest BCUT2D eigenvalue weighted by Crippen LogP contribution is 2.30. The van der Waals surface area contributed by atoms with Crippen LogP contribution in [0.1, 0.15) is 10.4 Å². The van der Waals surface area contributed by atoms with E-state index in [9.17, 15) is 4.79 Å². The normalized spacial score (nSPS) is 10.1. The van der Waals surface area contributed by atoms with Crippen LogP contribution in [-0.2, 0) is 0 Å². The molecule has 0 spiro atoms. The van der Waals surface area contributed by atoms with E-state index < -0.39 is 5.91 Å². The molecule has 0 atom stereocenters. The Labute approximate surface area is 113 Å². The van der Waals surface area contributed by atoms with Gasteiger partial charge >= 0.3 is 0 Å². The van der Waals surface area contributed by atoms with Gasteiger partial charge in [0, 0.05) is 10.2 Å². The maximum atomic E-state index is 11.4. The molecule has 1 amide bonds. The van der Waals surface area contributed by atoms with Gasteiger partial charge in [-0.2, -0.15) is 0 Å². The molecule has 4 N–H and O–H groups in total. The maximum absolute atomic E-state index is 11.4. The lowest BCUT2D eigenvalue weighted by atomic mass is 10.2. The van der Waals surface area contributed by atoms with Crippen molar-refractivity contribution in [3.05, 3.63) is 52.5 Å². The summed E-state index contributed by atoms with van der Waals surface area (Å²) in [5.41, 5.74) is 11.9. The molecule has 2 rings (SSSR count). The summed E-state index contributed by atoms with van der Waals surface area (Å²) in [6, 6.07) is 12.1. The molecule has 18 heavy (non-hydrogen) atoms. The number of primary amides is 1. The van der Waals surface area contributed by atoms with Gasteiger partial charge in [0.25, 0.3) is 5.91 Å². The highest BCUT2D eigenvalue weighted by atomic mass is 79.9. The van der Waals surface area contributed by atoms with E-state index in [4.69, 9.17) is 16.2 Å². The second-order valence-corrected chi connectivity index (χ2v) is 4.50. The summed E-state index contributed by atoms with van der Waals surface area (Å²) in [4.78, 5) is 11.4. The van der Waals surface area contributed by atoms with Gasteiger partial charge in [0.1, 0.15) is 11.5 Å². The molecule has 0 fully saturated rings. The molecule has 0 saturated heterocycles. The van der Waals surface area contributed by atoms with Crippen molar-refractivity contribution >= 4 is 27.5 Å². The van der Waals surface area contributed by atoms with E-state index in [2.05, 4.69) is 15.9 Å². The zero-order chi connectivity index (χ0) is 13.1. The summed E-state index contributed by atoms with van der Waals surface area (Å²) in [6.45, 7) is 0. The number of hydrogen-bond donors (Lipinski definition) is 2. The van der Waals surface area contributed by atoms with E-state index in [1.54, 1.807) is 42.5 Å². The monoisotopic (exact) mass is 306 g/mol. The van der Waals surface area contributed by atoms with Crippen molar-refractivity contribution in [3.8, 4) is 11.5 Å². The first-order valence-electron chi connectivity index (χ1n) is 5.19. The number of anilines is 1. The second kappa shape index (κ2) is 5.10. The van der Waals surface area contributed by atoms with Crippen molar-refractivity contribution in [3.63, 3.8) is 0 Å². The molecule has 0 saturated carbocycles. The fourth-order valence-corrected chi connectivity index (χ4v) is 2.03. The molecule has 0 aliphatic carbocycles. The SMILES string of the molecule is NC(=O)c1c(Br)cccc1Oc1ccc(N)cc1. The third-order valence-electron chi connectivity index (χ3n) is 2.33. The Bertz CT molecular complexity index is 582. The zero-order valence-electron chi connectivity index (χ0n) is 9.39. The first-order chi connectivity index (χ1) is 8.58. The smallest absolute Gasteiger partial charge is 0.253 e. The van der Waals surface area contributed by atoms with Gasteiger partial charge in [-0.25, -0.2) is 0 Å². The molecule has 5 heteroatoms. The van der Waals surface area contributed by atoms with Crippen LogP contribution in [0.4, 0.5) is 5.69 Å². The lowest BCUT2D eigenvalue weighted by Gasteiger charge is -2.10. The van der Waals surface area contributed by atoms with Crippen molar-refractivity contribution < 1.29 is 9.53 Å². The number of hydrogen-bond acceptors (Lipinski definition) is 3. The largest absolute Gasteiger partial charge is 0.456 e. The van der Waals surface area contributed by atoms with Crippen LogP contribution in [0.15, 0.2) is 46.9 Å². The number of rotatable bonds is 3. The lowest BCUT2D eigenvalue weighted by molar-refractivity contribution is 0.0997. The molecule has 2 aromatic rings. The Morgan fingerprint density at radius 2 is 1.78 bits per heavy atom. The van der Waals surface area contributed by atoms with Crippen molar-refractivity contribution in [2.75, 3.05) is 5.73 Å². The summed E-state index contributed by atoms with van der Waals surface area (Å²) >= 11 is 3.27. The van der Waals surface area contributed by atoms with Crippen LogP contribution >= 0.6 is 15.9 Å². The zero-order valence-corrected chi connectivity index (χ0v) is 11.0. The highest BCUT2D eigenvalue weighted by molar-refractivity contribution is 9.10. The van der Waals surface area contributed by atoms with Crippen LogP contribution in [0, 0.1) is 0 Å². The Hall–Kier alpha value is -2.01. The second-order valence-electron chi connectivity index (χ2n) is 3.65. The number of carbonyl (C=O) groups excluding carboxylic acids is 1. The first kappa shape index (κ1) is 12.4. The minimum Gasteiger partial charge on any atom is -0.456 e. The summed E-state index contributed by atoms with van der Waals surface area (Å²) < 4.78 is 6.22. The maximum Gasteiger partial charge on any atom is 0.253 e. The van der Waals surface area contributed by atoms with Gasteiger partial charge in [-0.15, -0.1) is 0 Å². The molecular formula is C13H11BrN2O2. The number of benzene rings is 2. The van der Waals surface area contributed by atoms with Crippen molar-refractivity contribution in [1.82, 2.24) is 0 Å². The van der Waals surface area contributed by atoms with Crippen LogP contribution < -0.4 is 16.2 Å². The van der Waals surface area contributed by atoms with Crippen molar-refractivity contribution in [2.24, 2.45) is 5.73 Å².